The molecule has 0 saturated carbocycles. The van der Waals surface area contributed by atoms with E-state index in [0.29, 0.717) is 17.7 Å². The van der Waals surface area contributed by atoms with Crippen LogP contribution in [0.1, 0.15) is 25.8 Å². The summed E-state index contributed by atoms with van der Waals surface area (Å²) in [6, 6.07) is 9.19. The van der Waals surface area contributed by atoms with Crippen molar-refractivity contribution in [2.24, 2.45) is 0 Å². The number of thioether (sulfide) groups is 1. The van der Waals surface area contributed by atoms with E-state index < -0.39 is 0 Å². The largest absolute Gasteiger partial charge is 0.381 e. The lowest BCUT2D eigenvalue weighted by Gasteiger charge is -2.30. The van der Waals surface area contributed by atoms with E-state index >= 15 is 0 Å². The zero-order valence-corrected chi connectivity index (χ0v) is 10.5. The summed E-state index contributed by atoms with van der Waals surface area (Å²) < 4.78 is 0. The fourth-order valence-corrected chi connectivity index (χ4v) is 3.14. The number of nitriles is 1. The van der Waals surface area contributed by atoms with E-state index in [9.17, 15) is 0 Å². The fourth-order valence-electron chi connectivity index (χ4n) is 1.92. The normalized spacial score (nSPS) is 23.1. The molecule has 1 N–H and O–H groups in total. The van der Waals surface area contributed by atoms with Gasteiger partial charge in [0.25, 0.3) is 0 Å². The summed E-state index contributed by atoms with van der Waals surface area (Å²) in [6.45, 7) is 4.31. The third-order valence-corrected chi connectivity index (χ3v) is 4.44. The zero-order chi connectivity index (χ0) is 11.5. The minimum Gasteiger partial charge on any atom is -0.381 e. The zero-order valence-electron chi connectivity index (χ0n) is 9.66. The molecule has 1 aromatic carbocycles. The van der Waals surface area contributed by atoms with Crippen LogP contribution in [0.4, 0.5) is 5.69 Å². The Hall–Kier alpha value is -1.14. The topological polar surface area (TPSA) is 35.8 Å². The molecule has 0 radical (unpaired) electrons. The van der Waals surface area contributed by atoms with E-state index in [4.69, 9.17) is 5.26 Å². The summed E-state index contributed by atoms with van der Waals surface area (Å²) in [7, 11) is 0. The average Bonchev–Trinajstić information content (AvgIpc) is 2.30. The number of anilines is 1. The lowest BCUT2D eigenvalue weighted by atomic mass is 10.1. The lowest BCUT2D eigenvalue weighted by Crippen LogP contribution is -2.31. The average molecular weight is 232 g/mol. The first kappa shape index (κ1) is 11.3. The van der Waals surface area contributed by atoms with Gasteiger partial charge >= 0.3 is 0 Å². The Morgan fingerprint density at radius 2 is 2.31 bits per heavy atom. The number of rotatable bonds is 2. The summed E-state index contributed by atoms with van der Waals surface area (Å²) in [5, 5.41) is 12.6. The molecule has 16 heavy (non-hydrogen) atoms. The number of hydrogen-bond acceptors (Lipinski definition) is 3. The second-order valence-electron chi connectivity index (χ2n) is 4.14. The van der Waals surface area contributed by atoms with Crippen LogP contribution in [0.15, 0.2) is 23.1 Å². The van der Waals surface area contributed by atoms with E-state index in [1.807, 2.05) is 11.8 Å². The molecule has 84 valence electrons. The van der Waals surface area contributed by atoms with Gasteiger partial charge in [0.05, 0.1) is 6.07 Å². The van der Waals surface area contributed by atoms with Gasteiger partial charge in [-0.25, -0.2) is 0 Å². The Morgan fingerprint density at radius 3 is 3.00 bits per heavy atom. The van der Waals surface area contributed by atoms with E-state index in [0.717, 1.165) is 6.42 Å². The van der Waals surface area contributed by atoms with Crippen molar-refractivity contribution in [3.05, 3.63) is 23.8 Å². The van der Waals surface area contributed by atoms with Crippen molar-refractivity contribution in [2.45, 2.75) is 42.9 Å². The third kappa shape index (κ3) is 2.17. The van der Waals surface area contributed by atoms with Gasteiger partial charge in [-0.3, -0.25) is 0 Å². The molecule has 0 saturated heterocycles. The molecule has 0 bridgehead atoms. The second-order valence-corrected chi connectivity index (χ2v) is 5.42. The highest BCUT2D eigenvalue weighted by Crippen LogP contribution is 2.39. The van der Waals surface area contributed by atoms with Gasteiger partial charge in [-0.2, -0.15) is 5.26 Å². The highest BCUT2D eigenvalue weighted by molar-refractivity contribution is 8.00. The maximum atomic E-state index is 8.79. The minimum atomic E-state index is 0.365. The Morgan fingerprint density at radius 1 is 1.50 bits per heavy atom. The van der Waals surface area contributed by atoms with Crippen LogP contribution >= 0.6 is 11.8 Å². The first-order chi connectivity index (χ1) is 7.74. The quantitative estimate of drug-likeness (QED) is 0.848. The fraction of sp³-hybridized carbons (Fsp3) is 0.462. The van der Waals surface area contributed by atoms with Gasteiger partial charge in [0, 0.05) is 28.3 Å². The van der Waals surface area contributed by atoms with Crippen molar-refractivity contribution in [1.29, 1.82) is 5.26 Å². The van der Waals surface area contributed by atoms with Gasteiger partial charge in [0.2, 0.25) is 0 Å². The molecule has 1 aliphatic rings. The van der Waals surface area contributed by atoms with Gasteiger partial charge in [-0.1, -0.05) is 13.0 Å². The van der Waals surface area contributed by atoms with Crippen molar-refractivity contribution in [1.82, 2.24) is 0 Å². The van der Waals surface area contributed by atoms with Crippen LogP contribution in [-0.2, 0) is 6.42 Å². The van der Waals surface area contributed by atoms with Gasteiger partial charge in [0.1, 0.15) is 0 Å². The highest BCUT2D eigenvalue weighted by atomic mass is 32.2. The maximum absolute atomic E-state index is 8.79. The lowest BCUT2D eigenvalue weighted by molar-refractivity contribution is 0.729. The third-order valence-electron chi connectivity index (χ3n) is 2.97. The standard InChI is InChI=1S/C13H16N2S/c1-3-10-4-5-11-13(8-10)16-12(6-7-14)9(2)15-11/h4-5,8-9,12,15H,3,6H2,1-2H3. The van der Waals surface area contributed by atoms with Crippen LogP contribution < -0.4 is 5.32 Å². The predicted octanol–water partition coefficient (Wildman–Crippen LogP) is 3.44. The first-order valence-corrected chi connectivity index (χ1v) is 6.55. The summed E-state index contributed by atoms with van der Waals surface area (Å²) >= 11 is 1.83. The molecule has 1 aliphatic heterocycles. The molecule has 0 spiro atoms. The van der Waals surface area contributed by atoms with E-state index in [1.54, 1.807) is 0 Å². The predicted molar refractivity (Wildman–Crippen MR) is 68.8 cm³/mol. The van der Waals surface area contributed by atoms with E-state index in [1.165, 1.54) is 16.1 Å². The molecule has 0 aliphatic carbocycles. The highest BCUT2D eigenvalue weighted by Gasteiger charge is 2.25. The Bertz CT molecular complexity index is 422. The number of nitrogens with one attached hydrogen (secondary N) is 1. The van der Waals surface area contributed by atoms with Gasteiger partial charge in [-0.15, -0.1) is 11.8 Å². The maximum Gasteiger partial charge on any atom is 0.0634 e. The second kappa shape index (κ2) is 4.80. The first-order valence-electron chi connectivity index (χ1n) is 5.67. The van der Waals surface area contributed by atoms with Gasteiger partial charge < -0.3 is 5.32 Å². The number of aryl methyl sites for hydroxylation is 1. The molecule has 0 amide bonds. The number of benzene rings is 1. The monoisotopic (exact) mass is 232 g/mol. The molecular formula is C13H16N2S. The summed E-state index contributed by atoms with van der Waals surface area (Å²) in [6.07, 6.45) is 1.67. The van der Waals surface area contributed by atoms with Crippen LogP contribution in [0.25, 0.3) is 0 Å². The Kier molecular flexibility index (Phi) is 3.40. The molecule has 1 heterocycles. The van der Waals surface area contributed by atoms with Crippen LogP contribution in [0.2, 0.25) is 0 Å². The van der Waals surface area contributed by atoms with Crippen molar-refractivity contribution in [2.75, 3.05) is 5.32 Å². The molecular weight excluding hydrogens is 216 g/mol. The van der Waals surface area contributed by atoms with Crippen LogP contribution in [0.3, 0.4) is 0 Å². The molecule has 2 rings (SSSR count). The van der Waals surface area contributed by atoms with Crippen LogP contribution in [0, 0.1) is 11.3 Å². The number of hydrogen-bond donors (Lipinski definition) is 1. The van der Waals surface area contributed by atoms with Crippen LogP contribution in [-0.4, -0.2) is 11.3 Å². The molecule has 0 fully saturated rings. The van der Waals surface area contributed by atoms with Gasteiger partial charge in [-0.05, 0) is 31.0 Å². The smallest absolute Gasteiger partial charge is 0.0634 e. The molecule has 2 atom stereocenters. The number of nitrogens with zero attached hydrogens (tertiary/aromatic N) is 1. The molecule has 0 aromatic heterocycles. The van der Waals surface area contributed by atoms with E-state index in [-0.39, 0.29) is 0 Å². The van der Waals surface area contributed by atoms with Crippen molar-refractivity contribution < 1.29 is 0 Å². The van der Waals surface area contributed by atoms with Gasteiger partial charge in [0.15, 0.2) is 0 Å². The summed E-state index contributed by atoms with van der Waals surface area (Å²) in [5.74, 6) is 0. The molecule has 3 heteroatoms. The molecule has 1 aromatic rings. The van der Waals surface area contributed by atoms with Crippen molar-refractivity contribution >= 4 is 17.4 Å². The van der Waals surface area contributed by atoms with Crippen molar-refractivity contribution in [3.8, 4) is 6.07 Å². The SMILES string of the molecule is CCc1ccc2c(c1)SC(CC#N)C(C)N2. The Balaban J connectivity index is 2.26. The van der Waals surface area contributed by atoms with Crippen LogP contribution in [0.5, 0.6) is 0 Å². The molecule has 2 nitrogen and oxygen atoms in total. The Labute approximate surface area is 101 Å². The summed E-state index contributed by atoms with van der Waals surface area (Å²) in [5.41, 5.74) is 2.57. The van der Waals surface area contributed by atoms with E-state index in [2.05, 4.69) is 43.4 Å². The number of fused-ring (bicyclic) bond motifs is 1. The summed E-state index contributed by atoms with van der Waals surface area (Å²) in [4.78, 5) is 1.29. The van der Waals surface area contributed by atoms with Crippen molar-refractivity contribution in [3.63, 3.8) is 0 Å². The molecule has 2 unspecified atom stereocenters. The minimum absolute atomic E-state index is 0.365.